The first-order chi connectivity index (χ1) is 8.74. The fraction of sp³-hybridized carbons (Fsp3) is 0.250. The number of ether oxygens (including phenoxy) is 1. The van der Waals surface area contributed by atoms with E-state index in [0.717, 1.165) is 17.7 Å². The van der Waals surface area contributed by atoms with Crippen LogP contribution in [0.5, 0.6) is 5.75 Å². The van der Waals surface area contributed by atoms with E-state index in [2.05, 4.69) is 31.2 Å². The predicted octanol–water partition coefficient (Wildman–Crippen LogP) is 3.52. The highest BCUT2D eigenvalue weighted by molar-refractivity contribution is 5.39. The molecule has 1 aliphatic heterocycles. The third kappa shape index (κ3) is 2.00. The predicted molar refractivity (Wildman–Crippen MR) is 72.5 cm³/mol. The van der Waals surface area contributed by atoms with Crippen LogP contribution >= 0.6 is 0 Å². The molecule has 18 heavy (non-hydrogen) atoms. The van der Waals surface area contributed by atoms with Gasteiger partial charge in [-0.15, -0.1) is 0 Å². The van der Waals surface area contributed by atoms with E-state index in [0.29, 0.717) is 0 Å². The van der Waals surface area contributed by atoms with Crippen molar-refractivity contribution in [2.75, 3.05) is 0 Å². The molecule has 1 heterocycles. The Morgan fingerprint density at radius 3 is 2.56 bits per heavy atom. The summed E-state index contributed by atoms with van der Waals surface area (Å²) in [7, 11) is 0. The second-order valence-electron chi connectivity index (χ2n) is 4.90. The minimum absolute atomic E-state index is 0.0567. The number of fused-ring (bicyclic) bond motifs is 1. The summed E-state index contributed by atoms with van der Waals surface area (Å²) in [5, 5.41) is 0. The summed E-state index contributed by atoms with van der Waals surface area (Å²) < 4.78 is 6.05. The molecule has 2 nitrogen and oxygen atoms in total. The smallest absolute Gasteiger partial charge is 0.126 e. The van der Waals surface area contributed by atoms with Gasteiger partial charge in [0.2, 0.25) is 0 Å². The first-order valence-electron chi connectivity index (χ1n) is 6.32. The summed E-state index contributed by atoms with van der Waals surface area (Å²) in [6, 6.07) is 16.6. The van der Waals surface area contributed by atoms with Gasteiger partial charge in [-0.1, -0.05) is 48.0 Å². The van der Waals surface area contributed by atoms with Gasteiger partial charge in [-0.3, -0.25) is 0 Å². The lowest BCUT2D eigenvalue weighted by Crippen LogP contribution is -2.24. The van der Waals surface area contributed by atoms with E-state index >= 15 is 0 Å². The van der Waals surface area contributed by atoms with Gasteiger partial charge >= 0.3 is 0 Å². The van der Waals surface area contributed by atoms with Crippen LogP contribution in [0.25, 0.3) is 0 Å². The zero-order chi connectivity index (χ0) is 12.5. The monoisotopic (exact) mass is 239 g/mol. The number of rotatable bonds is 1. The van der Waals surface area contributed by atoms with E-state index in [1.54, 1.807) is 0 Å². The van der Waals surface area contributed by atoms with Crippen molar-refractivity contribution in [2.24, 2.45) is 5.73 Å². The Balaban J connectivity index is 1.92. The first kappa shape index (κ1) is 11.3. The van der Waals surface area contributed by atoms with Gasteiger partial charge in [0.05, 0.1) is 0 Å². The maximum Gasteiger partial charge on any atom is 0.126 e. The van der Waals surface area contributed by atoms with E-state index in [1.165, 1.54) is 11.1 Å². The lowest BCUT2D eigenvalue weighted by atomic mass is 9.93. The van der Waals surface area contributed by atoms with Crippen LogP contribution in [-0.4, -0.2) is 0 Å². The second kappa shape index (κ2) is 4.46. The van der Waals surface area contributed by atoms with E-state index in [-0.39, 0.29) is 12.1 Å². The average molecular weight is 239 g/mol. The van der Waals surface area contributed by atoms with Gasteiger partial charge in [-0.25, -0.2) is 0 Å². The van der Waals surface area contributed by atoms with Crippen molar-refractivity contribution in [2.45, 2.75) is 25.5 Å². The normalized spacial score (nSPS) is 22.1. The molecule has 1 unspecified atom stereocenters. The van der Waals surface area contributed by atoms with Crippen LogP contribution in [0.15, 0.2) is 48.5 Å². The highest BCUT2D eigenvalue weighted by atomic mass is 16.5. The van der Waals surface area contributed by atoms with Crippen LogP contribution in [0.4, 0.5) is 0 Å². The molecular weight excluding hydrogens is 222 g/mol. The Bertz CT molecular complexity index is 547. The quantitative estimate of drug-likeness (QED) is 0.826. The van der Waals surface area contributed by atoms with Gasteiger partial charge < -0.3 is 10.5 Å². The molecule has 2 aromatic rings. The molecule has 0 saturated heterocycles. The summed E-state index contributed by atoms with van der Waals surface area (Å²) >= 11 is 0. The number of nitrogens with two attached hydrogens (primary N) is 1. The molecule has 0 aliphatic carbocycles. The summed E-state index contributed by atoms with van der Waals surface area (Å²) in [5.74, 6) is 0.918. The van der Waals surface area contributed by atoms with E-state index < -0.39 is 0 Å². The van der Waals surface area contributed by atoms with Crippen molar-refractivity contribution in [3.05, 3.63) is 65.2 Å². The molecule has 0 bridgehead atoms. The van der Waals surface area contributed by atoms with Crippen LogP contribution in [0, 0.1) is 6.92 Å². The van der Waals surface area contributed by atoms with Gasteiger partial charge in [-0.2, -0.15) is 0 Å². The SMILES string of the molecule is Cc1ccc(C2C[C@@H](N)c3ccccc3O2)cc1. The largest absolute Gasteiger partial charge is 0.485 e. The van der Waals surface area contributed by atoms with Crippen LogP contribution in [0.1, 0.15) is 35.3 Å². The van der Waals surface area contributed by atoms with Gasteiger partial charge in [-0.05, 0) is 18.6 Å². The van der Waals surface area contributed by atoms with Crippen LogP contribution in [-0.2, 0) is 0 Å². The Morgan fingerprint density at radius 2 is 1.78 bits per heavy atom. The Morgan fingerprint density at radius 1 is 1.06 bits per heavy atom. The first-order valence-corrected chi connectivity index (χ1v) is 6.32. The molecule has 2 heteroatoms. The number of para-hydroxylation sites is 1. The topological polar surface area (TPSA) is 35.2 Å². The fourth-order valence-electron chi connectivity index (χ4n) is 2.44. The molecule has 2 atom stereocenters. The third-order valence-corrected chi connectivity index (χ3v) is 3.50. The summed E-state index contributed by atoms with van der Waals surface area (Å²) in [5.41, 5.74) is 9.80. The van der Waals surface area contributed by atoms with Crippen LogP contribution < -0.4 is 10.5 Å². The maximum atomic E-state index is 6.22. The molecule has 0 saturated carbocycles. The highest BCUT2D eigenvalue weighted by Crippen LogP contribution is 2.39. The van der Waals surface area contributed by atoms with Crippen molar-refractivity contribution < 1.29 is 4.74 Å². The van der Waals surface area contributed by atoms with Gasteiger partial charge in [0.1, 0.15) is 11.9 Å². The Kier molecular flexibility index (Phi) is 2.80. The Hall–Kier alpha value is -1.80. The van der Waals surface area contributed by atoms with Crippen molar-refractivity contribution in [3.8, 4) is 5.75 Å². The lowest BCUT2D eigenvalue weighted by Gasteiger charge is -2.30. The minimum atomic E-state index is 0.0567. The molecule has 3 rings (SSSR count). The maximum absolute atomic E-state index is 6.22. The molecule has 92 valence electrons. The summed E-state index contributed by atoms with van der Waals surface area (Å²) in [6.45, 7) is 2.09. The van der Waals surface area contributed by atoms with E-state index in [9.17, 15) is 0 Å². The second-order valence-corrected chi connectivity index (χ2v) is 4.90. The fourth-order valence-corrected chi connectivity index (χ4v) is 2.44. The minimum Gasteiger partial charge on any atom is -0.485 e. The summed E-state index contributed by atoms with van der Waals surface area (Å²) in [6.07, 6.45) is 0.899. The summed E-state index contributed by atoms with van der Waals surface area (Å²) in [4.78, 5) is 0. The number of aryl methyl sites for hydroxylation is 1. The molecule has 0 amide bonds. The average Bonchev–Trinajstić information content (AvgIpc) is 2.39. The molecule has 2 aromatic carbocycles. The van der Waals surface area contributed by atoms with Crippen LogP contribution in [0.3, 0.4) is 0 Å². The van der Waals surface area contributed by atoms with Crippen LogP contribution in [0.2, 0.25) is 0 Å². The lowest BCUT2D eigenvalue weighted by molar-refractivity contribution is 0.161. The molecular formula is C16H17NO. The Labute approximate surface area is 107 Å². The van der Waals surface area contributed by atoms with Crippen molar-refractivity contribution in [1.82, 2.24) is 0 Å². The van der Waals surface area contributed by atoms with Crippen molar-refractivity contribution in [1.29, 1.82) is 0 Å². The molecule has 0 fully saturated rings. The third-order valence-electron chi connectivity index (χ3n) is 3.50. The van der Waals surface area contributed by atoms with Gasteiger partial charge in [0.15, 0.2) is 0 Å². The molecule has 0 aromatic heterocycles. The van der Waals surface area contributed by atoms with E-state index in [4.69, 9.17) is 10.5 Å². The van der Waals surface area contributed by atoms with Gasteiger partial charge in [0, 0.05) is 18.0 Å². The van der Waals surface area contributed by atoms with E-state index in [1.807, 2.05) is 24.3 Å². The highest BCUT2D eigenvalue weighted by Gasteiger charge is 2.26. The van der Waals surface area contributed by atoms with Gasteiger partial charge in [0.25, 0.3) is 0 Å². The van der Waals surface area contributed by atoms with Crippen molar-refractivity contribution in [3.63, 3.8) is 0 Å². The van der Waals surface area contributed by atoms with Crippen molar-refractivity contribution >= 4 is 0 Å². The number of benzene rings is 2. The standard InChI is InChI=1S/C16H17NO/c1-11-6-8-12(9-7-11)16-10-14(17)13-4-2-3-5-15(13)18-16/h2-9,14,16H,10,17H2,1H3/t14-,16?/m1/s1. The zero-order valence-corrected chi connectivity index (χ0v) is 10.5. The molecule has 0 radical (unpaired) electrons. The molecule has 2 N–H and O–H groups in total. The molecule has 0 spiro atoms. The number of hydrogen-bond acceptors (Lipinski definition) is 2. The zero-order valence-electron chi connectivity index (χ0n) is 10.5. The number of hydrogen-bond donors (Lipinski definition) is 1. The molecule has 1 aliphatic rings.